The van der Waals surface area contributed by atoms with Gasteiger partial charge in [-0.1, -0.05) is 13.3 Å². The normalized spacial score (nSPS) is 10.8. The van der Waals surface area contributed by atoms with E-state index in [1.807, 2.05) is 11.7 Å². The van der Waals surface area contributed by atoms with E-state index >= 15 is 0 Å². The zero-order chi connectivity index (χ0) is 9.84. The first-order valence-corrected chi connectivity index (χ1v) is 5.40. The van der Waals surface area contributed by atoms with Crippen molar-refractivity contribution in [1.29, 1.82) is 0 Å². The summed E-state index contributed by atoms with van der Waals surface area (Å²) in [7, 11) is 1.97. The molecule has 0 aliphatic rings. The summed E-state index contributed by atoms with van der Waals surface area (Å²) in [6.07, 6.45) is 3.03. The smallest absolute Gasteiger partial charge is 0.0769 e. The molecule has 1 aromatic heterocycles. The number of halogens is 1. The average Bonchev–Trinajstić information content (AvgIpc) is 2.34. The van der Waals surface area contributed by atoms with Crippen molar-refractivity contribution in [3.8, 4) is 0 Å². The van der Waals surface area contributed by atoms with Gasteiger partial charge in [-0.15, -0.1) is 0 Å². The van der Waals surface area contributed by atoms with Crippen molar-refractivity contribution in [3.63, 3.8) is 0 Å². The summed E-state index contributed by atoms with van der Waals surface area (Å²) in [4.78, 5) is 0. The third-order valence-corrected chi connectivity index (χ3v) is 2.95. The van der Waals surface area contributed by atoms with E-state index < -0.39 is 0 Å². The second kappa shape index (κ2) is 4.77. The lowest BCUT2D eigenvalue weighted by Gasteiger charge is -1.98. The van der Waals surface area contributed by atoms with E-state index in [1.54, 1.807) is 0 Å². The minimum absolute atomic E-state index is 0.670. The highest BCUT2D eigenvalue weighted by Gasteiger charge is 2.11. The molecule has 0 bridgehead atoms. The Kier molecular flexibility index (Phi) is 3.93. The predicted molar refractivity (Wildman–Crippen MR) is 57.7 cm³/mol. The quantitative estimate of drug-likeness (QED) is 0.877. The molecule has 0 aliphatic heterocycles. The molecule has 0 spiro atoms. The number of nitrogens with zero attached hydrogens (tertiary/aromatic N) is 2. The van der Waals surface area contributed by atoms with Gasteiger partial charge in [0.25, 0.3) is 0 Å². The minimum atomic E-state index is 0.670. The number of rotatable bonds is 4. The summed E-state index contributed by atoms with van der Waals surface area (Å²) in [6.45, 7) is 2.83. The van der Waals surface area contributed by atoms with Crippen molar-refractivity contribution in [1.82, 2.24) is 9.78 Å². The SMILES string of the molecule is CCCc1nn(C)c(CCN)c1Br. The molecule has 0 saturated heterocycles. The zero-order valence-corrected chi connectivity index (χ0v) is 9.76. The molecule has 1 aromatic rings. The van der Waals surface area contributed by atoms with Gasteiger partial charge in [0, 0.05) is 13.5 Å². The van der Waals surface area contributed by atoms with Gasteiger partial charge in [0.2, 0.25) is 0 Å². The molecule has 2 N–H and O–H groups in total. The Morgan fingerprint density at radius 1 is 1.46 bits per heavy atom. The molecule has 0 amide bonds. The maximum atomic E-state index is 5.52. The molecule has 74 valence electrons. The van der Waals surface area contributed by atoms with Crippen LogP contribution >= 0.6 is 15.9 Å². The Balaban J connectivity index is 2.92. The molecule has 0 aliphatic carbocycles. The van der Waals surface area contributed by atoms with Crippen LogP contribution in [0, 0.1) is 0 Å². The van der Waals surface area contributed by atoms with Gasteiger partial charge in [-0.25, -0.2) is 0 Å². The largest absolute Gasteiger partial charge is 0.330 e. The van der Waals surface area contributed by atoms with Crippen molar-refractivity contribution in [2.45, 2.75) is 26.2 Å². The maximum absolute atomic E-state index is 5.52. The summed E-state index contributed by atoms with van der Waals surface area (Å²) in [6, 6.07) is 0. The molecule has 0 unspecified atom stereocenters. The molecule has 13 heavy (non-hydrogen) atoms. The number of nitrogens with two attached hydrogens (primary N) is 1. The topological polar surface area (TPSA) is 43.8 Å². The van der Waals surface area contributed by atoms with Crippen LogP contribution in [0.1, 0.15) is 24.7 Å². The fourth-order valence-corrected chi connectivity index (χ4v) is 2.13. The van der Waals surface area contributed by atoms with Gasteiger partial charge in [0.15, 0.2) is 0 Å². The first-order valence-electron chi connectivity index (χ1n) is 4.61. The van der Waals surface area contributed by atoms with Crippen LogP contribution in [0.4, 0.5) is 0 Å². The highest BCUT2D eigenvalue weighted by atomic mass is 79.9. The van der Waals surface area contributed by atoms with Crippen LogP contribution in [0.25, 0.3) is 0 Å². The Labute approximate surface area is 87.4 Å². The zero-order valence-electron chi connectivity index (χ0n) is 8.18. The van der Waals surface area contributed by atoms with Gasteiger partial charge in [0.05, 0.1) is 15.9 Å². The number of hydrogen-bond acceptors (Lipinski definition) is 2. The van der Waals surface area contributed by atoms with Crippen molar-refractivity contribution in [2.24, 2.45) is 12.8 Å². The van der Waals surface area contributed by atoms with Gasteiger partial charge in [0.1, 0.15) is 0 Å². The second-order valence-electron chi connectivity index (χ2n) is 3.12. The third-order valence-electron chi connectivity index (χ3n) is 2.04. The Morgan fingerprint density at radius 2 is 2.15 bits per heavy atom. The molecule has 0 atom stereocenters. The molecule has 1 rings (SSSR count). The Bertz CT molecular complexity index is 281. The van der Waals surface area contributed by atoms with Gasteiger partial charge in [-0.2, -0.15) is 5.10 Å². The van der Waals surface area contributed by atoms with Gasteiger partial charge in [-0.05, 0) is 28.9 Å². The predicted octanol–water partition coefficient (Wildman–Crippen LogP) is 1.64. The lowest BCUT2D eigenvalue weighted by Crippen LogP contribution is -2.07. The standard InChI is InChI=1S/C9H16BrN3/c1-3-4-7-9(10)8(5-6-11)13(2)12-7/h3-6,11H2,1-2H3. The van der Waals surface area contributed by atoms with Crippen molar-refractivity contribution in [2.75, 3.05) is 6.54 Å². The van der Waals surface area contributed by atoms with Gasteiger partial charge in [-0.3, -0.25) is 4.68 Å². The van der Waals surface area contributed by atoms with Crippen LogP contribution in [0.3, 0.4) is 0 Å². The molecule has 4 heteroatoms. The molecular weight excluding hydrogens is 230 g/mol. The van der Waals surface area contributed by atoms with E-state index in [1.165, 1.54) is 5.69 Å². The molecule has 0 radical (unpaired) electrons. The lowest BCUT2D eigenvalue weighted by atomic mass is 10.2. The van der Waals surface area contributed by atoms with Crippen LogP contribution in [0.2, 0.25) is 0 Å². The summed E-state index contributed by atoms with van der Waals surface area (Å²) < 4.78 is 3.06. The van der Waals surface area contributed by atoms with Crippen molar-refractivity contribution >= 4 is 15.9 Å². The summed E-state index contributed by atoms with van der Waals surface area (Å²) in [5.74, 6) is 0. The molecule has 1 heterocycles. The van der Waals surface area contributed by atoms with E-state index in [0.29, 0.717) is 6.54 Å². The molecule has 0 fully saturated rings. The van der Waals surface area contributed by atoms with E-state index in [-0.39, 0.29) is 0 Å². The average molecular weight is 246 g/mol. The molecule has 3 nitrogen and oxygen atoms in total. The number of aryl methyl sites for hydroxylation is 2. The van der Waals surface area contributed by atoms with Gasteiger partial charge >= 0.3 is 0 Å². The number of hydrogen-bond donors (Lipinski definition) is 1. The van der Waals surface area contributed by atoms with Crippen molar-refractivity contribution < 1.29 is 0 Å². The van der Waals surface area contributed by atoms with Crippen LogP contribution < -0.4 is 5.73 Å². The molecule has 0 aromatic carbocycles. The molecule has 0 saturated carbocycles. The number of aromatic nitrogens is 2. The van der Waals surface area contributed by atoms with E-state index in [0.717, 1.165) is 29.4 Å². The second-order valence-corrected chi connectivity index (χ2v) is 3.91. The Morgan fingerprint density at radius 3 is 2.69 bits per heavy atom. The van der Waals surface area contributed by atoms with Crippen LogP contribution in [-0.2, 0) is 19.9 Å². The Hall–Kier alpha value is -0.350. The third kappa shape index (κ3) is 2.31. The monoisotopic (exact) mass is 245 g/mol. The highest BCUT2D eigenvalue weighted by Crippen LogP contribution is 2.22. The fourth-order valence-electron chi connectivity index (χ4n) is 1.40. The lowest BCUT2D eigenvalue weighted by molar-refractivity contribution is 0.689. The van der Waals surface area contributed by atoms with Crippen molar-refractivity contribution in [3.05, 3.63) is 15.9 Å². The highest BCUT2D eigenvalue weighted by molar-refractivity contribution is 9.10. The van der Waals surface area contributed by atoms with E-state index in [2.05, 4.69) is 28.0 Å². The summed E-state index contributed by atoms with van der Waals surface area (Å²) in [5.41, 5.74) is 7.87. The van der Waals surface area contributed by atoms with Crippen LogP contribution in [0.5, 0.6) is 0 Å². The summed E-state index contributed by atoms with van der Waals surface area (Å²) >= 11 is 3.57. The van der Waals surface area contributed by atoms with Crippen LogP contribution in [0.15, 0.2) is 4.47 Å². The first kappa shape index (κ1) is 10.7. The molecular formula is C9H16BrN3. The maximum Gasteiger partial charge on any atom is 0.0769 e. The van der Waals surface area contributed by atoms with E-state index in [9.17, 15) is 0 Å². The van der Waals surface area contributed by atoms with Gasteiger partial charge < -0.3 is 5.73 Å². The minimum Gasteiger partial charge on any atom is -0.330 e. The van der Waals surface area contributed by atoms with E-state index in [4.69, 9.17) is 5.73 Å². The fraction of sp³-hybridized carbons (Fsp3) is 0.667. The summed E-state index contributed by atoms with van der Waals surface area (Å²) in [5, 5.41) is 4.43. The van der Waals surface area contributed by atoms with Crippen LogP contribution in [-0.4, -0.2) is 16.3 Å². The first-order chi connectivity index (χ1) is 6.20.